The summed E-state index contributed by atoms with van der Waals surface area (Å²) in [7, 11) is 0. The van der Waals surface area contributed by atoms with Crippen LogP contribution in [-0.4, -0.2) is 16.1 Å². The lowest BCUT2D eigenvalue weighted by molar-refractivity contribution is -0.393. The summed E-state index contributed by atoms with van der Waals surface area (Å²) in [5.74, 6) is 0. The molecule has 0 atom stereocenters. The average Bonchev–Trinajstić information content (AvgIpc) is 2.55. The average molecular weight is 318 g/mol. The molecule has 2 rings (SSSR count). The molecule has 1 aliphatic carbocycles. The van der Waals surface area contributed by atoms with Gasteiger partial charge in [0.05, 0.1) is 22.1 Å². The van der Waals surface area contributed by atoms with E-state index in [4.69, 9.17) is 0 Å². The molecule has 0 heterocycles. The molecule has 0 bridgehead atoms. The van der Waals surface area contributed by atoms with Crippen LogP contribution in [0.2, 0.25) is 0 Å². The zero-order valence-electron chi connectivity index (χ0n) is 12.8. The van der Waals surface area contributed by atoms with Gasteiger partial charge in [-0.25, -0.2) is 0 Å². The highest BCUT2D eigenvalue weighted by atomic mass is 16.6. The highest BCUT2D eigenvalue weighted by Gasteiger charge is 2.19. The number of hydrazone groups is 1. The molecule has 0 amide bonds. The number of benzene rings is 1. The Morgan fingerprint density at radius 3 is 2.61 bits per heavy atom. The maximum absolute atomic E-state index is 11.0. The number of nitro benzene ring substituents is 2. The Balaban J connectivity index is 2.20. The highest BCUT2D eigenvalue weighted by molar-refractivity contribution is 5.81. The molecule has 1 aromatic carbocycles. The third kappa shape index (κ3) is 4.12. The van der Waals surface area contributed by atoms with Gasteiger partial charge < -0.3 is 0 Å². The molecule has 0 fully saturated rings. The van der Waals surface area contributed by atoms with Crippen LogP contribution in [0.25, 0.3) is 0 Å². The summed E-state index contributed by atoms with van der Waals surface area (Å²) in [4.78, 5) is 20.4. The zero-order chi connectivity index (χ0) is 16.8. The van der Waals surface area contributed by atoms with Gasteiger partial charge in [0, 0.05) is 6.07 Å². The smallest absolute Gasteiger partial charge is 0.272 e. The molecule has 0 unspecified atom stereocenters. The molecule has 0 aliphatic heterocycles. The van der Waals surface area contributed by atoms with Crippen LogP contribution < -0.4 is 5.43 Å². The molecule has 0 radical (unpaired) electrons. The van der Waals surface area contributed by atoms with Crippen molar-refractivity contribution in [2.24, 2.45) is 5.10 Å². The summed E-state index contributed by atoms with van der Waals surface area (Å²) in [6.07, 6.45) is 6.98. The summed E-state index contributed by atoms with van der Waals surface area (Å²) >= 11 is 0. The quantitative estimate of drug-likeness (QED) is 0.480. The predicted molar refractivity (Wildman–Crippen MR) is 87.7 cm³/mol. The van der Waals surface area contributed by atoms with Crippen LogP contribution in [0.5, 0.6) is 0 Å². The Kier molecular flexibility index (Phi) is 5.40. The molecule has 8 nitrogen and oxygen atoms in total. The number of rotatable bonds is 6. The van der Waals surface area contributed by atoms with E-state index in [-0.39, 0.29) is 17.1 Å². The van der Waals surface area contributed by atoms with Crippen molar-refractivity contribution >= 4 is 23.3 Å². The lowest BCUT2D eigenvalue weighted by atomic mass is 9.91. The van der Waals surface area contributed by atoms with E-state index >= 15 is 0 Å². The lowest BCUT2D eigenvalue weighted by Crippen LogP contribution is -2.03. The SMILES string of the molecule is CCC1=C(/C=N\Nc2ccc([N+](=O)[O-])cc2[N+](=O)[O-])CCCC1. The number of nitrogens with zero attached hydrogens (tertiary/aromatic N) is 3. The van der Waals surface area contributed by atoms with Crippen molar-refractivity contribution in [3.63, 3.8) is 0 Å². The van der Waals surface area contributed by atoms with Crippen LogP contribution in [0.1, 0.15) is 39.0 Å². The summed E-state index contributed by atoms with van der Waals surface area (Å²) in [5.41, 5.74) is 4.58. The summed E-state index contributed by atoms with van der Waals surface area (Å²) in [6, 6.07) is 3.43. The number of nitro groups is 2. The Morgan fingerprint density at radius 2 is 1.96 bits per heavy atom. The zero-order valence-corrected chi connectivity index (χ0v) is 12.8. The molecule has 0 aromatic heterocycles. The van der Waals surface area contributed by atoms with Gasteiger partial charge in [0.15, 0.2) is 0 Å². The second-order valence-corrected chi connectivity index (χ2v) is 5.28. The molecule has 0 spiro atoms. The first-order valence-electron chi connectivity index (χ1n) is 7.45. The van der Waals surface area contributed by atoms with Crippen molar-refractivity contribution in [1.29, 1.82) is 0 Å². The molecule has 122 valence electrons. The summed E-state index contributed by atoms with van der Waals surface area (Å²) in [5, 5.41) is 25.8. The minimum atomic E-state index is -0.666. The molecular formula is C15H18N4O4. The van der Waals surface area contributed by atoms with Gasteiger partial charge >= 0.3 is 5.69 Å². The van der Waals surface area contributed by atoms with Gasteiger partial charge in [0.2, 0.25) is 0 Å². The van der Waals surface area contributed by atoms with Crippen LogP contribution in [0, 0.1) is 20.2 Å². The monoisotopic (exact) mass is 318 g/mol. The summed E-state index contributed by atoms with van der Waals surface area (Å²) in [6.45, 7) is 2.10. The molecule has 8 heteroatoms. The first-order chi connectivity index (χ1) is 11.0. The van der Waals surface area contributed by atoms with Crippen molar-refractivity contribution in [1.82, 2.24) is 0 Å². The van der Waals surface area contributed by atoms with E-state index in [0.717, 1.165) is 37.3 Å². The van der Waals surface area contributed by atoms with Crippen molar-refractivity contribution in [3.05, 3.63) is 49.6 Å². The molecule has 1 aromatic rings. The van der Waals surface area contributed by atoms with E-state index in [1.165, 1.54) is 24.1 Å². The molecule has 0 saturated heterocycles. The third-order valence-electron chi connectivity index (χ3n) is 3.85. The van der Waals surface area contributed by atoms with E-state index in [0.29, 0.717) is 0 Å². The Labute approximate surface area is 133 Å². The topological polar surface area (TPSA) is 111 Å². The Hall–Kier alpha value is -2.77. The first kappa shape index (κ1) is 16.6. The number of hydrogen-bond acceptors (Lipinski definition) is 6. The number of hydrogen-bond donors (Lipinski definition) is 1. The number of anilines is 1. The van der Waals surface area contributed by atoms with E-state index in [9.17, 15) is 20.2 Å². The highest BCUT2D eigenvalue weighted by Crippen LogP contribution is 2.29. The molecular weight excluding hydrogens is 300 g/mol. The van der Waals surface area contributed by atoms with Crippen LogP contribution >= 0.6 is 0 Å². The Morgan fingerprint density at radius 1 is 1.22 bits per heavy atom. The normalized spacial score (nSPS) is 15.0. The maximum Gasteiger partial charge on any atom is 0.301 e. The second kappa shape index (κ2) is 7.48. The van der Waals surface area contributed by atoms with Gasteiger partial charge in [-0.2, -0.15) is 5.10 Å². The van der Waals surface area contributed by atoms with Gasteiger partial charge in [-0.15, -0.1) is 0 Å². The molecule has 1 N–H and O–H groups in total. The predicted octanol–water partition coefficient (Wildman–Crippen LogP) is 4.18. The van der Waals surface area contributed by atoms with Crippen molar-refractivity contribution in [2.75, 3.05) is 5.43 Å². The number of nitrogens with one attached hydrogen (secondary N) is 1. The molecule has 23 heavy (non-hydrogen) atoms. The van der Waals surface area contributed by atoms with Crippen LogP contribution in [0.15, 0.2) is 34.4 Å². The standard InChI is InChI=1S/C15H18N4O4/c1-2-11-5-3-4-6-12(11)10-16-17-14-8-7-13(18(20)21)9-15(14)19(22)23/h7-10,17H,2-6H2,1H3/b16-10-. The van der Waals surface area contributed by atoms with Crippen molar-refractivity contribution < 1.29 is 9.85 Å². The molecule has 1 aliphatic rings. The van der Waals surface area contributed by atoms with Gasteiger partial charge in [-0.3, -0.25) is 25.7 Å². The van der Waals surface area contributed by atoms with E-state index in [2.05, 4.69) is 17.5 Å². The van der Waals surface area contributed by atoms with Gasteiger partial charge in [-0.1, -0.05) is 12.5 Å². The fraction of sp³-hybridized carbons (Fsp3) is 0.400. The van der Waals surface area contributed by atoms with Gasteiger partial charge in [0.25, 0.3) is 5.69 Å². The van der Waals surface area contributed by atoms with Gasteiger partial charge in [-0.05, 0) is 43.7 Å². The van der Waals surface area contributed by atoms with Crippen molar-refractivity contribution in [3.8, 4) is 0 Å². The fourth-order valence-electron chi connectivity index (χ4n) is 2.61. The first-order valence-corrected chi connectivity index (χ1v) is 7.45. The summed E-state index contributed by atoms with van der Waals surface area (Å²) < 4.78 is 0. The largest absolute Gasteiger partial charge is 0.301 e. The minimum Gasteiger partial charge on any atom is -0.272 e. The van der Waals surface area contributed by atoms with E-state index in [1.54, 1.807) is 6.21 Å². The maximum atomic E-state index is 11.0. The minimum absolute atomic E-state index is 0.131. The van der Waals surface area contributed by atoms with E-state index < -0.39 is 9.85 Å². The molecule has 0 saturated carbocycles. The fourth-order valence-corrected chi connectivity index (χ4v) is 2.61. The van der Waals surface area contributed by atoms with E-state index in [1.807, 2.05) is 0 Å². The van der Waals surface area contributed by atoms with Crippen LogP contribution in [-0.2, 0) is 0 Å². The van der Waals surface area contributed by atoms with Gasteiger partial charge in [0.1, 0.15) is 5.69 Å². The van der Waals surface area contributed by atoms with Crippen molar-refractivity contribution in [2.45, 2.75) is 39.0 Å². The van der Waals surface area contributed by atoms with Crippen LogP contribution in [0.4, 0.5) is 17.1 Å². The lowest BCUT2D eigenvalue weighted by Gasteiger charge is -2.16. The second-order valence-electron chi connectivity index (χ2n) is 5.28. The number of allylic oxidation sites excluding steroid dienone is 2. The van der Waals surface area contributed by atoms with Crippen LogP contribution in [0.3, 0.4) is 0 Å². The Bertz CT molecular complexity index is 682. The third-order valence-corrected chi connectivity index (χ3v) is 3.85. The number of non-ortho nitro benzene ring substituents is 1.